The van der Waals surface area contributed by atoms with Crippen LogP contribution in [0.15, 0.2) is 24.3 Å². The first-order valence-corrected chi connectivity index (χ1v) is 6.29. The first-order chi connectivity index (χ1) is 8.20. The van der Waals surface area contributed by atoms with Gasteiger partial charge < -0.3 is 0 Å². The molecule has 1 atom stereocenters. The molecule has 1 aromatic carbocycles. The Kier molecular flexibility index (Phi) is 4.75. The van der Waals surface area contributed by atoms with Crippen molar-refractivity contribution < 1.29 is 22.0 Å². The predicted molar refractivity (Wildman–Crippen MR) is 63.1 cm³/mol. The van der Waals surface area contributed by atoms with E-state index >= 15 is 0 Å². The summed E-state index contributed by atoms with van der Waals surface area (Å²) in [6.45, 7) is 1.96. The summed E-state index contributed by atoms with van der Waals surface area (Å²) in [4.78, 5) is -2.07. The molecule has 0 aliphatic heterocycles. The lowest BCUT2D eigenvalue weighted by Gasteiger charge is -2.24. The second kappa shape index (κ2) is 5.55. The highest BCUT2D eigenvalue weighted by atomic mass is 79.9. The van der Waals surface area contributed by atoms with E-state index in [-0.39, 0.29) is 5.56 Å². The van der Waals surface area contributed by atoms with Crippen molar-refractivity contribution in [2.24, 2.45) is 0 Å². The molecular weight excluding hydrogens is 319 g/mol. The highest BCUT2D eigenvalue weighted by Crippen LogP contribution is 2.48. The van der Waals surface area contributed by atoms with Crippen LogP contribution in [0.2, 0.25) is 0 Å². The molecule has 1 rings (SSSR count). The summed E-state index contributed by atoms with van der Waals surface area (Å²) in [7, 11) is 0. The van der Waals surface area contributed by atoms with E-state index in [1.165, 1.54) is 12.1 Å². The fourth-order valence-corrected chi connectivity index (χ4v) is 2.06. The average molecular weight is 331 g/mol. The molecule has 0 nitrogen and oxygen atoms in total. The van der Waals surface area contributed by atoms with Gasteiger partial charge in [0, 0.05) is 0 Å². The van der Waals surface area contributed by atoms with Crippen molar-refractivity contribution >= 4 is 15.9 Å². The third-order valence-corrected chi connectivity index (χ3v) is 3.61. The van der Waals surface area contributed by atoms with Gasteiger partial charge in [0.15, 0.2) is 0 Å². The number of alkyl halides is 6. The summed E-state index contributed by atoms with van der Waals surface area (Å²) in [5.41, 5.74) is 0.827. The zero-order chi connectivity index (χ0) is 14.0. The third-order valence-electron chi connectivity index (χ3n) is 2.51. The SMILES string of the molecule is CCCc1ccc(C(Br)C(F)(F)C(F)(F)F)cc1. The van der Waals surface area contributed by atoms with Crippen molar-refractivity contribution in [1.29, 1.82) is 0 Å². The number of hydrogen-bond acceptors (Lipinski definition) is 0. The second-order valence-electron chi connectivity index (χ2n) is 3.97. The standard InChI is InChI=1S/C12H12BrF5/c1-2-3-8-4-6-9(7-5-8)10(13)11(14,15)12(16,17)18/h4-7,10H,2-3H2,1H3. The van der Waals surface area contributed by atoms with E-state index in [1.807, 2.05) is 6.92 Å². The predicted octanol–water partition coefficient (Wildman–Crippen LogP) is 5.27. The normalized spacial score (nSPS) is 14.6. The van der Waals surface area contributed by atoms with Crippen LogP contribution in [0.25, 0.3) is 0 Å². The topological polar surface area (TPSA) is 0 Å². The van der Waals surface area contributed by atoms with Crippen LogP contribution in [0.4, 0.5) is 22.0 Å². The smallest absolute Gasteiger partial charge is 0.195 e. The van der Waals surface area contributed by atoms with E-state index < -0.39 is 16.9 Å². The van der Waals surface area contributed by atoms with Gasteiger partial charge >= 0.3 is 12.1 Å². The first kappa shape index (κ1) is 15.4. The molecule has 0 N–H and O–H groups in total. The molecule has 6 heteroatoms. The minimum atomic E-state index is -5.57. The number of rotatable bonds is 4. The largest absolute Gasteiger partial charge is 0.454 e. The number of hydrogen-bond donors (Lipinski definition) is 0. The van der Waals surface area contributed by atoms with Gasteiger partial charge in [-0.2, -0.15) is 22.0 Å². The lowest BCUT2D eigenvalue weighted by Crippen LogP contribution is -2.39. The van der Waals surface area contributed by atoms with Crippen molar-refractivity contribution in [1.82, 2.24) is 0 Å². The molecule has 1 unspecified atom stereocenters. The van der Waals surface area contributed by atoms with Crippen molar-refractivity contribution in [2.75, 3.05) is 0 Å². The zero-order valence-electron chi connectivity index (χ0n) is 9.57. The van der Waals surface area contributed by atoms with Gasteiger partial charge in [-0.1, -0.05) is 53.5 Å². The first-order valence-electron chi connectivity index (χ1n) is 5.37. The molecule has 0 saturated carbocycles. The maximum Gasteiger partial charge on any atom is 0.454 e. The van der Waals surface area contributed by atoms with Gasteiger partial charge in [0.2, 0.25) is 0 Å². The van der Waals surface area contributed by atoms with Crippen molar-refractivity contribution in [2.45, 2.75) is 36.7 Å². The molecule has 0 heterocycles. The fraction of sp³-hybridized carbons (Fsp3) is 0.500. The van der Waals surface area contributed by atoms with Gasteiger partial charge in [-0.15, -0.1) is 0 Å². The van der Waals surface area contributed by atoms with Crippen LogP contribution in [0.3, 0.4) is 0 Å². The Hall–Kier alpha value is -0.650. The van der Waals surface area contributed by atoms with Crippen molar-refractivity contribution in [3.05, 3.63) is 35.4 Å². The van der Waals surface area contributed by atoms with E-state index in [4.69, 9.17) is 0 Å². The van der Waals surface area contributed by atoms with Crippen LogP contribution in [0, 0.1) is 0 Å². The van der Waals surface area contributed by atoms with E-state index in [0.29, 0.717) is 0 Å². The molecule has 0 aromatic heterocycles. The van der Waals surface area contributed by atoms with Crippen molar-refractivity contribution in [3.8, 4) is 0 Å². The lowest BCUT2D eigenvalue weighted by atomic mass is 10.0. The van der Waals surface area contributed by atoms with Gasteiger partial charge in [0.1, 0.15) is 4.83 Å². The van der Waals surface area contributed by atoms with Crippen LogP contribution in [-0.2, 0) is 6.42 Å². The Morgan fingerprint density at radius 1 is 1.06 bits per heavy atom. The summed E-state index contributed by atoms with van der Waals surface area (Å²) >= 11 is 2.44. The molecule has 0 aliphatic carbocycles. The molecule has 1 aromatic rings. The minimum Gasteiger partial charge on any atom is -0.195 e. The summed E-state index contributed by atoms with van der Waals surface area (Å²) in [5.74, 6) is -4.79. The molecule has 0 radical (unpaired) electrons. The van der Waals surface area contributed by atoms with E-state index in [2.05, 4.69) is 15.9 Å². The maximum absolute atomic E-state index is 13.1. The highest BCUT2D eigenvalue weighted by Gasteiger charge is 2.62. The molecule has 0 saturated heterocycles. The van der Waals surface area contributed by atoms with Gasteiger partial charge in [0.25, 0.3) is 0 Å². The minimum absolute atomic E-state index is 0.0859. The molecule has 0 bridgehead atoms. The Balaban J connectivity index is 2.94. The highest BCUT2D eigenvalue weighted by molar-refractivity contribution is 9.09. The molecule has 0 amide bonds. The molecule has 0 aliphatic rings. The molecular formula is C12H12BrF5. The van der Waals surface area contributed by atoms with Crippen LogP contribution in [0.1, 0.15) is 29.3 Å². The van der Waals surface area contributed by atoms with E-state index in [1.54, 1.807) is 12.1 Å². The number of aryl methyl sites for hydroxylation is 1. The van der Waals surface area contributed by atoms with Gasteiger partial charge in [-0.25, -0.2) is 0 Å². The van der Waals surface area contributed by atoms with E-state index in [9.17, 15) is 22.0 Å². The summed E-state index contributed by atoms with van der Waals surface area (Å²) < 4.78 is 62.7. The van der Waals surface area contributed by atoms with Gasteiger partial charge in [-0.05, 0) is 17.5 Å². The monoisotopic (exact) mass is 330 g/mol. The Bertz CT molecular complexity index is 382. The lowest BCUT2D eigenvalue weighted by molar-refractivity contribution is -0.281. The van der Waals surface area contributed by atoms with Crippen LogP contribution >= 0.6 is 15.9 Å². The number of benzene rings is 1. The van der Waals surface area contributed by atoms with E-state index in [0.717, 1.165) is 18.4 Å². The maximum atomic E-state index is 13.1. The number of halogens is 6. The Morgan fingerprint density at radius 3 is 1.94 bits per heavy atom. The Labute approximate surface area is 110 Å². The summed E-state index contributed by atoms with van der Waals surface area (Å²) in [6.07, 6.45) is -3.91. The zero-order valence-corrected chi connectivity index (χ0v) is 11.2. The molecule has 18 heavy (non-hydrogen) atoms. The average Bonchev–Trinajstić information content (AvgIpc) is 2.28. The van der Waals surface area contributed by atoms with Gasteiger partial charge in [0.05, 0.1) is 0 Å². The van der Waals surface area contributed by atoms with Crippen LogP contribution < -0.4 is 0 Å². The quantitative estimate of drug-likeness (QED) is 0.521. The molecule has 102 valence electrons. The van der Waals surface area contributed by atoms with Crippen LogP contribution in [-0.4, -0.2) is 12.1 Å². The third kappa shape index (κ3) is 3.22. The van der Waals surface area contributed by atoms with Gasteiger partial charge in [-0.3, -0.25) is 0 Å². The second-order valence-corrected chi connectivity index (χ2v) is 4.89. The summed E-state index contributed by atoms with van der Waals surface area (Å²) in [6, 6.07) is 5.73. The molecule has 0 fully saturated rings. The fourth-order valence-electron chi connectivity index (χ4n) is 1.49. The Morgan fingerprint density at radius 2 is 1.56 bits per heavy atom. The molecule has 0 spiro atoms. The van der Waals surface area contributed by atoms with Crippen molar-refractivity contribution in [3.63, 3.8) is 0 Å². The summed E-state index contributed by atoms with van der Waals surface area (Å²) in [5, 5.41) is 0. The van der Waals surface area contributed by atoms with Crippen LogP contribution in [0.5, 0.6) is 0 Å².